The lowest BCUT2D eigenvalue weighted by Crippen LogP contribution is -2.28. The van der Waals surface area contributed by atoms with E-state index in [1.165, 1.54) is 0 Å². The van der Waals surface area contributed by atoms with Gasteiger partial charge >= 0.3 is 5.97 Å². The summed E-state index contributed by atoms with van der Waals surface area (Å²) in [7, 11) is 0. The molecule has 0 aliphatic heterocycles. The molecule has 0 unspecified atom stereocenters. The predicted octanol–water partition coefficient (Wildman–Crippen LogP) is 1.27. The summed E-state index contributed by atoms with van der Waals surface area (Å²) in [6.45, 7) is 3.75. The van der Waals surface area contributed by atoms with Gasteiger partial charge in [0.15, 0.2) is 0 Å². The van der Waals surface area contributed by atoms with Gasteiger partial charge in [0.25, 0.3) is 0 Å². The van der Waals surface area contributed by atoms with E-state index in [9.17, 15) is 9.90 Å². The maximum atomic E-state index is 10.8. The van der Waals surface area contributed by atoms with E-state index in [-0.39, 0.29) is 12.0 Å². The van der Waals surface area contributed by atoms with Crippen molar-refractivity contribution in [2.24, 2.45) is 5.41 Å². The van der Waals surface area contributed by atoms with Crippen LogP contribution in [0.2, 0.25) is 0 Å². The van der Waals surface area contributed by atoms with Crippen molar-refractivity contribution in [1.82, 2.24) is 0 Å². The minimum absolute atomic E-state index is 0.109. The van der Waals surface area contributed by atoms with E-state index in [1.54, 1.807) is 0 Å². The molecule has 1 N–H and O–H groups in total. The first-order valence-corrected chi connectivity index (χ1v) is 4.62. The van der Waals surface area contributed by atoms with Crippen LogP contribution in [0.25, 0.3) is 0 Å². The third kappa shape index (κ3) is 2.56. The van der Waals surface area contributed by atoms with Crippen LogP contribution in [0.5, 0.6) is 0 Å². The number of carbonyl (C=O) groups is 1. The molecule has 0 atom stereocenters. The summed E-state index contributed by atoms with van der Waals surface area (Å²) in [6.07, 6.45) is 5.29. The lowest BCUT2D eigenvalue weighted by Gasteiger charge is -2.25. The van der Waals surface area contributed by atoms with Gasteiger partial charge in [-0.1, -0.05) is 19.4 Å². The Bertz CT molecular complexity index is 192. The lowest BCUT2D eigenvalue weighted by atomic mass is 9.88. The summed E-state index contributed by atoms with van der Waals surface area (Å²) in [5, 5.41) is 9.18. The fourth-order valence-electron chi connectivity index (χ4n) is 1.76. The van der Waals surface area contributed by atoms with Crippen LogP contribution in [0.15, 0.2) is 12.7 Å². The van der Waals surface area contributed by atoms with Gasteiger partial charge in [0.05, 0.1) is 13.2 Å². The predicted molar refractivity (Wildman–Crippen MR) is 49.1 cm³/mol. The van der Waals surface area contributed by atoms with E-state index in [2.05, 4.69) is 6.58 Å². The number of ether oxygens (including phenoxy) is 1. The first-order chi connectivity index (χ1) is 6.22. The Morgan fingerprint density at radius 3 is 2.62 bits per heavy atom. The number of rotatable bonds is 4. The highest BCUT2D eigenvalue weighted by atomic mass is 16.5. The Morgan fingerprint density at radius 1 is 1.54 bits per heavy atom. The topological polar surface area (TPSA) is 46.5 Å². The first-order valence-electron chi connectivity index (χ1n) is 4.62. The molecule has 0 amide bonds. The van der Waals surface area contributed by atoms with Crippen molar-refractivity contribution in [1.29, 1.82) is 0 Å². The third-order valence-electron chi connectivity index (χ3n) is 2.69. The van der Waals surface area contributed by atoms with Crippen molar-refractivity contribution in [2.45, 2.75) is 25.7 Å². The first kappa shape index (κ1) is 10.3. The molecule has 74 valence electrons. The van der Waals surface area contributed by atoms with Crippen molar-refractivity contribution >= 4 is 5.97 Å². The Kier molecular flexibility index (Phi) is 3.48. The van der Waals surface area contributed by atoms with Gasteiger partial charge in [0.1, 0.15) is 0 Å². The standard InChI is InChI=1S/C10H16O3/c1-2-9(12)13-8-10(7-11)5-3-4-6-10/h2,11H,1,3-8H2. The van der Waals surface area contributed by atoms with Crippen molar-refractivity contribution in [3.05, 3.63) is 12.7 Å². The lowest BCUT2D eigenvalue weighted by molar-refractivity contribution is -0.142. The van der Waals surface area contributed by atoms with Crippen LogP contribution in [-0.4, -0.2) is 24.3 Å². The maximum Gasteiger partial charge on any atom is 0.330 e. The minimum atomic E-state index is -0.403. The average Bonchev–Trinajstić information content (AvgIpc) is 2.63. The van der Waals surface area contributed by atoms with Gasteiger partial charge in [-0.2, -0.15) is 0 Å². The highest BCUT2D eigenvalue weighted by Crippen LogP contribution is 2.37. The highest BCUT2D eigenvalue weighted by Gasteiger charge is 2.34. The van der Waals surface area contributed by atoms with E-state index in [1.807, 2.05) is 0 Å². The molecule has 0 saturated heterocycles. The molecule has 1 rings (SSSR count). The average molecular weight is 184 g/mol. The van der Waals surface area contributed by atoms with Crippen LogP contribution in [-0.2, 0) is 9.53 Å². The van der Waals surface area contributed by atoms with Crippen LogP contribution in [0.3, 0.4) is 0 Å². The Morgan fingerprint density at radius 2 is 2.15 bits per heavy atom. The van der Waals surface area contributed by atoms with Crippen LogP contribution >= 0.6 is 0 Å². The molecule has 0 aromatic rings. The Labute approximate surface area is 78.4 Å². The molecular formula is C10H16O3. The normalized spacial score (nSPS) is 19.8. The molecule has 1 aliphatic carbocycles. The molecule has 3 nitrogen and oxygen atoms in total. The van der Waals surface area contributed by atoms with Gasteiger partial charge in [-0.3, -0.25) is 0 Å². The van der Waals surface area contributed by atoms with Crippen molar-refractivity contribution in [3.8, 4) is 0 Å². The molecule has 0 spiro atoms. The molecule has 13 heavy (non-hydrogen) atoms. The van der Waals surface area contributed by atoms with E-state index < -0.39 is 5.97 Å². The van der Waals surface area contributed by atoms with Gasteiger partial charge in [-0.05, 0) is 12.8 Å². The molecule has 0 heterocycles. The minimum Gasteiger partial charge on any atom is -0.462 e. The second-order valence-corrected chi connectivity index (χ2v) is 3.68. The van der Waals surface area contributed by atoms with Gasteiger partial charge in [0.2, 0.25) is 0 Å². The van der Waals surface area contributed by atoms with Crippen LogP contribution in [0.4, 0.5) is 0 Å². The molecule has 3 heteroatoms. The van der Waals surface area contributed by atoms with Gasteiger partial charge in [-0.15, -0.1) is 0 Å². The number of hydrogen-bond donors (Lipinski definition) is 1. The molecule has 0 aromatic heterocycles. The molecule has 1 aliphatic rings. The zero-order valence-corrected chi connectivity index (χ0v) is 7.79. The fourth-order valence-corrected chi connectivity index (χ4v) is 1.76. The summed E-state index contributed by atoms with van der Waals surface area (Å²) in [6, 6.07) is 0. The Hall–Kier alpha value is -0.830. The second-order valence-electron chi connectivity index (χ2n) is 3.68. The summed E-state index contributed by atoms with van der Waals surface area (Å²) in [5.41, 5.74) is -0.168. The van der Waals surface area contributed by atoms with Gasteiger partial charge < -0.3 is 9.84 Å². The SMILES string of the molecule is C=CC(=O)OCC1(CO)CCCC1. The molecule has 0 bridgehead atoms. The van der Waals surface area contributed by atoms with Gasteiger partial charge in [-0.25, -0.2) is 4.79 Å². The smallest absolute Gasteiger partial charge is 0.330 e. The van der Waals surface area contributed by atoms with Crippen molar-refractivity contribution in [2.75, 3.05) is 13.2 Å². The highest BCUT2D eigenvalue weighted by molar-refractivity contribution is 5.81. The number of aliphatic hydroxyl groups is 1. The van der Waals surface area contributed by atoms with Crippen LogP contribution < -0.4 is 0 Å². The molecule has 1 fully saturated rings. The molecule has 0 radical (unpaired) electrons. The zero-order chi connectivity index (χ0) is 9.73. The van der Waals surface area contributed by atoms with E-state index in [0.29, 0.717) is 6.61 Å². The number of carbonyl (C=O) groups excluding carboxylic acids is 1. The summed E-state index contributed by atoms with van der Waals surface area (Å²) < 4.78 is 4.95. The van der Waals surface area contributed by atoms with Crippen molar-refractivity contribution < 1.29 is 14.6 Å². The summed E-state index contributed by atoms with van der Waals surface area (Å²) in [5.74, 6) is -0.403. The van der Waals surface area contributed by atoms with E-state index in [0.717, 1.165) is 31.8 Å². The Balaban J connectivity index is 2.39. The largest absolute Gasteiger partial charge is 0.462 e. The molecule has 0 aromatic carbocycles. The van der Waals surface area contributed by atoms with Gasteiger partial charge in [0, 0.05) is 11.5 Å². The monoisotopic (exact) mass is 184 g/mol. The molecular weight excluding hydrogens is 168 g/mol. The quantitative estimate of drug-likeness (QED) is 0.528. The van der Waals surface area contributed by atoms with E-state index >= 15 is 0 Å². The van der Waals surface area contributed by atoms with Crippen LogP contribution in [0.1, 0.15) is 25.7 Å². The van der Waals surface area contributed by atoms with Crippen molar-refractivity contribution in [3.63, 3.8) is 0 Å². The maximum absolute atomic E-state index is 10.8. The third-order valence-corrected chi connectivity index (χ3v) is 2.69. The number of aliphatic hydroxyl groups excluding tert-OH is 1. The number of esters is 1. The van der Waals surface area contributed by atoms with E-state index in [4.69, 9.17) is 4.74 Å². The number of hydrogen-bond acceptors (Lipinski definition) is 3. The summed E-state index contributed by atoms with van der Waals surface area (Å²) in [4.78, 5) is 10.8. The summed E-state index contributed by atoms with van der Waals surface area (Å²) >= 11 is 0. The molecule has 1 saturated carbocycles. The fraction of sp³-hybridized carbons (Fsp3) is 0.700. The zero-order valence-electron chi connectivity index (χ0n) is 7.79. The second kappa shape index (κ2) is 4.42. The van der Waals surface area contributed by atoms with Crippen LogP contribution in [0, 0.1) is 5.41 Å².